The van der Waals surface area contributed by atoms with Gasteiger partial charge in [0.15, 0.2) is 0 Å². The molecule has 0 unspecified atom stereocenters. The van der Waals surface area contributed by atoms with Gasteiger partial charge in [-0.3, -0.25) is 0 Å². The number of aryl methyl sites for hydroxylation is 1. The molecule has 5 aromatic rings. The molecule has 1 N–H and O–H groups in total. The first kappa shape index (κ1) is 20.8. The van der Waals surface area contributed by atoms with Crippen LogP contribution in [0.3, 0.4) is 0 Å². The Bertz CT molecular complexity index is 1520. The Morgan fingerprint density at radius 2 is 1.88 bits per heavy atom. The molecule has 0 amide bonds. The molecule has 0 fully saturated rings. The van der Waals surface area contributed by atoms with Crippen LogP contribution in [0, 0.1) is 11.3 Å². The third-order valence-electron chi connectivity index (χ3n) is 5.71. The minimum atomic E-state index is 0.496. The summed E-state index contributed by atoms with van der Waals surface area (Å²) in [6.45, 7) is 3.07. The van der Waals surface area contributed by atoms with E-state index in [1.165, 1.54) is 33.1 Å². The first-order valence-corrected chi connectivity index (χ1v) is 11.6. The number of benzene rings is 3. The highest BCUT2D eigenvalue weighted by atomic mass is 32.1. The molecule has 0 radical (unpaired) electrons. The maximum Gasteiger partial charge on any atom is 0.136 e. The van der Waals surface area contributed by atoms with Crippen molar-refractivity contribution in [1.82, 2.24) is 9.55 Å². The molecular weight excluding hydrogens is 428 g/mol. The summed E-state index contributed by atoms with van der Waals surface area (Å²) in [5.41, 5.74) is 5.69. The van der Waals surface area contributed by atoms with Crippen LogP contribution in [0.5, 0.6) is 5.75 Å². The van der Waals surface area contributed by atoms with Crippen molar-refractivity contribution in [3.05, 3.63) is 83.3 Å². The van der Waals surface area contributed by atoms with Gasteiger partial charge in [0.25, 0.3) is 0 Å². The van der Waals surface area contributed by atoms with Crippen LogP contribution < -0.4 is 10.1 Å². The third-order valence-corrected chi connectivity index (χ3v) is 6.59. The van der Waals surface area contributed by atoms with Crippen LogP contribution in [0.25, 0.3) is 38.6 Å². The SMILES string of the molecule is CCn1c2ccccc2c2cc(NC=C(C#N)c3nc(-c4ccc(OC)cc4)cs3)ccc21. The largest absolute Gasteiger partial charge is 0.497 e. The Morgan fingerprint density at radius 1 is 1.09 bits per heavy atom. The predicted molar refractivity (Wildman–Crippen MR) is 136 cm³/mol. The maximum absolute atomic E-state index is 9.74. The predicted octanol–water partition coefficient (Wildman–Crippen LogP) is 6.92. The molecule has 0 aliphatic rings. The topological polar surface area (TPSA) is 62.9 Å². The molecule has 0 aliphatic heterocycles. The van der Waals surface area contributed by atoms with E-state index in [0.29, 0.717) is 10.6 Å². The fourth-order valence-electron chi connectivity index (χ4n) is 4.07. The Hall–Kier alpha value is -4.08. The minimum Gasteiger partial charge on any atom is -0.497 e. The molecule has 0 saturated heterocycles. The van der Waals surface area contributed by atoms with E-state index in [0.717, 1.165) is 29.2 Å². The summed E-state index contributed by atoms with van der Waals surface area (Å²) in [5.74, 6) is 0.801. The van der Waals surface area contributed by atoms with Crippen molar-refractivity contribution < 1.29 is 4.74 Å². The summed E-state index contributed by atoms with van der Waals surface area (Å²) in [6, 6.07) is 24.8. The second-order valence-electron chi connectivity index (χ2n) is 7.57. The van der Waals surface area contributed by atoms with Crippen molar-refractivity contribution in [3.8, 4) is 23.1 Å². The fourth-order valence-corrected chi connectivity index (χ4v) is 4.87. The number of ether oxygens (including phenoxy) is 1. The molecule has 0 atom stereocenters. The van der Waals surface area contributed by atoms with Crippen molar-refractivity contribution in [3.63, 3.8) is 0 Å². The second-order valence-corrected chi connectivity index (χ2v) is 8.43. The number of nitrogens with zero attached hydrogens (tertiary/aromatic N) is 3. The molecule has 0 saturated carbocycles. The molecule has 2 aromatic heterocycles. The zero-order chi connectivity index (χ0) is 22.8. The summed E-state index contributed by atoms with van der Waals surface area (Å²) < 4.78 is 7.54. The lowest BCUT2D eigenvalue weighted by molar-refractivity contribution is 0.415. The number of rotatable bonds is 6. The number of aromatic nitrogens is 2. The molecule has 3 aromatic carbocycles. The zero-order valence-electron chi connectivity index (χ0n) is 18.4. The fraction of sp³-hybridized carbons (Fsp3) is 0.111. The number of methoxy groups -OCH3 is 1. The Morgan fingerprint density at radius 3 is 2.64 bits per heavy atom. The van der Waals surface area contributed by atoms with Gasteiger partial charge in [0, 0.05) is 51.2 Å². The molecule has 2 heterocycles. The van der Waals surface area contributed by atoms with E-state index in [1.54, 1.807) is 13.3 Å². The third kappa shape index (κ3) is 3.84. The standard InChI is InChI=1S/C27H22N4OS/c1-3-31-25-7-5-4-6-22(25)23-14-20(10-13-26(23)31)29-16-19(15-28)27-30-24(17-33-27)18-8-11-21(32-2)12-9-18/h4-14,16-17,29H,3H2,1-2H3. The summed E-state index contributed by atoms with van der Waals surface area (Å²) >= 11 is 1.46. The number of nitriles is 1. The van der Waals surface area contributed by atoms with E-state index in [2.05, 4.69) is 64.3 Å². The molecule has 0 bridgehead atoms. The Labute approximate surface area is 196 Å². The average molecular weight is 451 g/mol. The Balaban J connectivity index is 1.44. The van der Waals surface area contributed by atoms with Gasteiger partial charge in [0.05, 0.1) is 12.8 Å². The summed E-state index contributed by atoms with van der Waals surface area (Å²) in [6.07, 6.45) is 1.73. The van der Waals surface area contributed by atoms with Crippen molar-refractivity contribution in [2.45, 2.75) is 13.5 Å². The molecule has 0 aliphatic carbocycles. The molecule has 5 nitrogen and oxygen atoms in total. The number of hydrogen-bond acceptors (Lipinski definition) is 5. The van der Waals surface area contributed by atoms with Crippen molar-refractivity contribution in [2.24, 2.45) is 0 Å². The molecule has 6 heteroatoms. The molecule has 33 heavy (non-hydrogen) atoms. The van der Waals surface area contributed by atoms with Crippen molar-refractivity contribution >= 4 is 44.4 Å². The minimum absolute atomic E-state index is 0.496. The highest BCUT2D eigenvalue weighted by Gasteiger charge is 2.11. The molecular formula is C27H22N4OS. The van der Waals surface area contributed by atoms with Crippen LogP contribution in [-0.2, 0) is 6.54 Å². The lowest BCUT2D eigenvalue weighted by Gasteiger charge is -2.05. The van der Waals surface area contributed by atoms with Gasteiger partial charge < -0.3 is 14.6 Å². The molecule has 0 spiro atoms. The van der Waals surface area contributed by atoms with Crippen LogP contribution in [0.2, 0.25) is 0 Å². The number of hydrogen-bond donors (Lipinski definition) is 1. The Kier molecular flexibility index (Phi) is 5.55. The number of fused-ring (bicyclic) bond motifs is 3. The van der Waals surface area contributed by atoms with E-state index in [-0.39, 0.29) is 0 Å². The summed E-state index contributed by atoms with van der Waals surface area (Å²) in [5, 5.41) is 18.1. The zero-order valence-corrected chi connectivity index (χ0v) is 19.2. The summed E-state index contributed by atoms with van der Waals surface area (Å²) in [7, 11) is 1.65. The van der Waals surface area contributed by atoms with E-state index in [9.17, 15) is 5.26 Å². The van der Waals surface area contributed by atoms with E-state index < -0.39 is 0 Å². The molecule has 162 valence electrons. The number of para-hydroxylation sites is 1. The highest BCUT2D eigenvalue weighted by molar-refractivity contribution is 7.11. The van der Waals surface area contributed by atoms with Crippen LogP contribution in [0.4, 0.5) is 5.69 Å². The first-order valence-electron chi connectivity index (χ1n) is 10.7. The van der Waals surface area contributed by atoms with Crippen LogP contribution in [-0.4, -0.2) is 16.7 Å². The monoisotopic (exact) mass is 450 g/mol. The summed E-state index contributed by atoms with van der Waals surface area (Å²) in [4.78, 5) is 4.67. The van der Waals surface area contributed by atoms with Gasteiger partial charge in [-0.25, -0.2) is 4.98 Å². The van der Waals surface area contributed by atoms with Crippen LogP contribution >= 0.6 is 11.3 Å². The van der Waals surface area contributed by atoms with Gasteiger partial charge in [-0.05, 0) is 55.5 Å². The van der Waals surface area contributed by atoms with Crippen LogP contribution in [0.1, 0.15) is 11.9 Å². The molecule has 5 rings (SSSR count). The average Bonchev–Trinajstić information content (AvgIpc) is 3.47. The highest BCUT2D eigenvalue weighted by Crippen LogP contribution is 2.32. The van der Waals surface area contributed by atoms with Gasteiger partial charge in [-0.2, -0.15) is 5.26 Å². The number of nitrogens with one attached hydrogen (secondary N) is 1. The maximum atomic E-state index is 9.74. The lowest BCUT2D eigenvalue weighted by Crippen LogP contribution is -1.94. The lowest BCUT2D eigenvalue weighted by atomic mass is 10.1. The quantitative estimate of drug-likeness (QED) is 0.285. The van der Waals surface area contributed by atoms with Crippen molar-refractivity contribution in [2.75, 3.05) is 12.4 Å². The smallest absolute Gasteiger partial charge is 0.136 e. The number of allylic oxidation sites excluding steroid dienone is 1. The number of thiazole rings is 1. The van der Waals surface area contributed by atoms with Gasteiger partial charge in [0.1, 0.15) is 22.4 Å². The van der Waals surface area contributed by atoms with Crippen LogP contribution in [0.15, 0.2) is 78.3 Å². The first-order chi connectivity index (χ1) is 16.2. The van der Waals surface area contributed by atoms with Gasteiger partial charge in [-0.15, -0.1) is 11.3 Å². The van der Waals surface area contributed by atoms with Crippen molar-refractivity contribution in [1.29, 1.82) is 5.26 Å². The van der Waals surface area contributed by atoms with Gasteiger partial charge in [0.2, 0.25) is 0 Å². The second kappa shape index (κ2) is 8.81. The van der Waals surface area contributed by atoms with Gasteiger partial charge >= 0.3 is 0 Å². The van der Waals surface area contributed by atoms with E-state index >= 15 is 0 Å². The normalized spacial score (nSPS) is 11.6. The number of anilines is 1. The van der Waals surface area contributed by atoms with E-state index in [4.69, 9.17) is 4.74 Å². The van der Waals surface area contributed by atoms with Gasteiger partial charge in [-0.1, -0.05) is 18.2 Å². The van der Waals surface area contributed by atoms with E-state index in [1.807, 2.05) is 35.7 Å².